The predicted octanol–water partition coefficient (Wildman–Crippen LogP) is 2.11. The van der Waals surface area contributed by atoms with Crippen molar-refractivity contribution in [2.45, 2.75) is 6.54 Å². The first kappa shape index (κ1) is 11.6. The summed E-state index contributed by atoms with van der Waals surface area (Å²) in [4.78, 5) is 17.0. The van der Waals surface area contributed by atoms with Gasteiger partial charge >= 0.3 is 0 Å². The Balaban J connectivity index is 2.04. The molecule has 1 amide bonds. The first-order valence-corrected chi connectivity index (χ1v) is 6.11. The molecule has 2 N–H and O–H groups in total. The van der Waals surface area contributed by atoms with E-state index in [9.17, 15) is 4.79 Å². The molecule has 2 aromatic heterocycles. The van der Waals surface area contributed by atoms with Crippen molar-refractivity contribution in [3.8, 4) is 0 Å². The third kappa shape index (κ3) is 2.82. The molecule has 2 heterocycles. The van der Waals surface area contributed by atoms with Crippen molar-refractivity contribution < 1.29 is 4.79 Å². The highest BCUT2D eigenvalue weighted by molar-refractivity contribution is 7.09. The van der Waals surface area contributed by atoms with Crippen LogP contribution in [0.4, 0.5) is 5.69 Å². The standard InChI is InChI=1S/C12H13N3OS/c1-13-11-4-5-14-8-10(11)12(16)15-7-9-3-2-6-17-9/h2-6,8H,7H2,1H3,(H,13,14)(H,15,16). The van der Waals surface area contributed by atoms with Crippen LogP contribution in [-0.2, 0) is 6.54 Å². The van der Waals surface area contributed by atoms with Crippen molar-refractivity contribution in [1.29, 1.82) is 0 Å². The van der Waals surface area contributed by atoms with E-state index >= 15 is 0 Å². The maximum Gasteiger partial charge on any atom is 0.255 e. The second-order valence-electron chi connectivity index (χ2n) is 3.43. The van der Waals surface area contributed by atoms with Crippen LogP contribution in [0.25, 0.3) is 0 Å². The van der Waals surface area contributed by atoms with E-state index in [2.05, 4.69) is 15.6 Å². The smallest absolute Gasteiger partial charge is 0.255 e. The predicted molar refractivity (Wildman–Crippen MR) is 69.3 cm³/mol. The Labute approximate surface area is 104 Å². The third-order valence-electron chi connectivity index (χ3n) is 2.34. The van der Waals surface area contributed by atoms with Crippen LogP contribution in [0.15, 0.2) is 36.0 Å². The number of nitrogens with zero attached hydrogens (tertiary/aromatic N) is 1. The quantitative estimate of drug-likeness (QED) is 0.870. The van der Waals surface area contributed by atoms with Gasteiger partial charge in [0.05, 0.1) is 12.1 Å². The maximum atomic E-state index is 11.9. The summed E-state index contributed by atoms with van der Waals surface area (Å²) in [5.41, 5.74) is 1.34. The van der Waals surface area contributed by atoms with Crippen LogP contribution in [0.3, 0.4) is 0 Å². The lowest BCUT2D eigenvalue weighted by Gasteiger charge is -2.08. The van der Waals surface area contributed by atoms with Gasteiger partial charge < -0.3 is 10.6 Å². The Hall–Kier alpha value is -1.88. The lowest BCUT2D eigenvalue weighted by molar-refractivity contribution is 0.0952. The topological polar surface area (TPSA) is 54.0 Å². The average Bonchev–Trinajstić information content (AvgIpc) is 2.89. The van der Waals surface area contributed by atoms with E-state index in [1.54, 1.807) is 36.8 Å². The number of hydrogen-bond donors (Lipinski definition) is 2. The highest BCUT2D eigenvalue weighted by Gasteiger charge is 2.10. The Bertz CT molecular complexity index is 496. The van der Waals surface area contributed by atoms with Gasteiger partial charge in [0.1, 0.15) is 0 Å². The summed E-state index contributed by atoms with van der Waals surface area (Å²) < 4.78 is 0. The van der Waals surface area contributed by atoms with Gasteiger partial charge in [0, 0.05) is 30.0 Å². The molecular formula is C12H13N3OS. The van der Waals surface area contributed by atoms with E-state index < -0.39 is 0 Å². The zero-order chi connectivity index (χ0) is 12.1. The van der Waals surface area contributed by atoms with Crippen molar-refractivity contribution in [1.82, 2.24) is 10.3 Å². The molecule has 0 radical (unpaired) electrons. The first-order valence-electron chi connectivity index (χ1n) is 5.23. The molecule has 0 bridgehead atoms. The van der Waals surface area contributed by atoms with Gasteiger partial charge in [-0.05, 0) is 17.5 Å². The maximum absolute atomic E-state index is 11.9. The Morgan fingerprint density at radius 2 is 2.35 bits per heavy atom. The van der Waals surface area contributed by atoms with Gasteiger partial charge in [-0.3, -0.25) is 9.78 Å². The summed E-state index contributed by atoms with van der Waals surface area (Å²) in [6, 6.07) is 5.74. The Morgan fingerprint density at radius 1 is 1.47 bits per heavy atom. The molecule has 0 spiro atoms. The zero-order valence-electron chi connectivity index (χ0n) is 9.43. The molecule has 0 atom stereocenters. The monoisotopic (exact) mass is 247 g/mol. The van der Waals surface area contributed by atoms with Crippen LogP contribution in [0.5, 0.6) is 0 Å². The Kier molecular flexibility index (Phi) is 3.72. The molecule has 0 aliphatic heterocycles. The van der Waals surface area contributed by atoms with Crippen molar-refractivity contribution >= 4 is 22.9 Å². The number of carbonyl (C=O) groups is 1. The van der Waals surface area contributed by atoms with E-state index in [1.807, 2.05) is 17.5 Å². The highest BCUT2D eigenvalue weighted by atomic mass is 32.1. The fourth-order valence-electron chi connectivity index (χ4n) is 1.47. The lowest BCUT2D eigenvalue weighted by Crippen LogP contribution is -2.23. The number of pyridine rings is 1. The molecule has 17 heavy (non-hydrogen) atoms. The second kappa shape index (κ2) is 5.45. The Morgan fingerprint density at radius 3 is 3.06 bits per heavy atom. The molecule has 0 saturated heterocycles. The molecule has 0 aromatic carbocycles. The molecule has 0 aliphatic carbocycles. The van der Waals surface area contributed by atoms with E-state index in [0.29, 0.717) is 12.1 Å². The van der Waals surface area contributed by atoms with E-state index in [0.717, 1.165) is 10.6 Å². The molecule has 4 nitrogen and oxygen atoms in total. The number of amides is 1. The fraction of sp³-hybridized carbons (Fsp3) is 0.167. The molecule has 5 heteroatoms. The van der Waals surface area contributed by atoms with Crippen LogP contribution in [-0.4, -0.2) is 17.9 Å². The van der Waals surface area contributed by atoms with Crippen molar-refractivity contribution in [3.63, 3.8) is 0 Å². The number of hydrogen-bond acceptors (Lipinski definition) is 4. The van der Waals surface area contributed by atoms with E-state index in [4.69, 9.17) is 0 Å². The largest absolute Gasteiger partial charge is 0.387 e. The van der Waals surface area contributed by atoms with Gasteiger partial charge in [0.15, 0.2) is 0 Å². The van der Waals surface area contributed by atoms with Crippen molar-refractivity contribution in [2.24, 2.45) is 0 Å². The van der Waals surface area contributed by atoms with Gasteiger partial charge in [-0.25, -0.2) is 0 Å². The van der Waals surface area contributed by atoms with Gasteiger partial charge in [-0.1, -0.05) is 6.07 Å². The summed E-state index contributed by atoms with van der Waals surface area (Å²) in [5.74, 6) is -0.115. The second-order valence-corrected chi connectivity index (χ2v) is 4.47. The van der Waals surface area contributed by atoms with Crippen LogP contribution >= 0.6 is 11.3 Å². The minimum atomic E-state index is -0.115. The summed E-state index contributed by atoms with van der Waals surface area (Å²) in [6.45, 7) is 0.550. The number of anilines is 1. The third-order valence-corrected chi connectivity index (χ3v) is 3.21. The molecular weight excluding hydrogens is 234 g/mol. The van der Waals surface area contributed by atoms with E-state index in [-0.39, 0.29) is 5.91 Å². The normalized spacial score (nSPS) is 9.94. The number of carbonyl (C=O) groups excluding carboxylic acids is 1. The lowest BCUT2D eigenvalue weighted by atomic mass is 10.2. The summed E-state index contributed by atoms with van der Waals surface area (Å²) in [7, 11) is 1.78. The fourth-order valence-corrected chi connectivity index (χ4v) is 2.11. The van der Waals surface area contributed by atoms with E-state index in [1.165, 1.54) is 0 Å². The molecule has 0 aliphatic rings. The van der Waals surface area contributed by atoms with Crippen LogP contribution in [0, 0.1) is 0 Å². The number of rotatable bonds is 4. The van der Waals surface area contributed by atoms with Gasteiger partial charge in [0.2, 0.25) is 0 Å². The number of thiophene rings is 1. The van der Waals surface area contributed by atoms with Gasteiger partial charge in [0.25, 0.3) is 5.91 Å². The summed E-state index contributed by atoms with van der Waals surface area (Å²) in [5, 5.41) is 7.83. The van der Waals surface area contributed by atoms with Crippen LogP contribution in [0.1, 0.15) is 15.2 Å². The molecule has 0 fully saturated rings. The molecule has 0 unspecified atom stereocenters. The average molecular weight is 247 g/mol. The number of aromatic nitrogens is 1. The minimum Gasteiger partial charge on any atom is -0.387 e. The molecule has 2 rings (SSSR count). The molecule has 2 aromatic rings. The first-order chi connectivity index (χ1) is 8.31. The highest BCUT2D eigenvalue weighted by Crippen LogP contribution is 2.13. The number of nitrogens with one attached hydrogen (secondary N) is 2. The zero-order valence-corrected chi connectivity index (χ0v) is 10.3. The van der Waals surface area contributed by atoms with Gasteiger partial charge in [-0.2, -0.15) is 0 Å². The molecule has 88 valence electrons. The molecule has 0 saturated carbocycles. The summed E-state index contributed by atoms with van der Waals surface area (Å²) in [6.07, 6.45) is 3.22. The summed E-state index contributed by atoms with van der Waals surface area (Å²) >= 11 is 1.62. The van der Waals surface area contributed by atoms with Crippen molar-refractivity contribution in [2.75, 3.05) is 12.4 Å². The SMILES string of the molecule is CNc1ccncc1C(=O)NCc1cccs1. The van der Waals surface area contributed by atoms with Crippen molar-refractivity contribution in [3.05, 3.63) is 46.4 Å². The minimum absolute atomic E-state index is 0.115. The van der Waals surface area contributed by atoms with Crippen LogP contribution in [0.2, 0.25) is 0 Å². The van der Waals surface area contributed by atoms with Gasteiger partial charge in [-0.15, -0.1) is 11.3 Å². The van der Waals surface area contributed by atoms with Crippen LogP contribution < -0.4 is 10.6 Å².